The summed E-state index contributed by atoms with van der Waals surface area (Å²) in [7, 11) is 0. The molecule has 0 atom stereocenters. The lowest BCUT2D eigenvalue weighted by molar-refractivity contribution is 0.568. The summed E-state index contributed by atoms with van der Waals surface area (Å²) in [6.07, 6.45) is 6.93. The van der Waals surface area contributed by atoms with Crippen molar-refractivity contribution in [3.8, 4) is 11.1 Å². The van der Waals surface area contributed by atoms with Crippen LogP contribution in [0.3, 0.4) is 0 Å². The highest BCUT2D eigenvalue weighted by Gasteiger charge is 1.99. The molecule has 56 valence electrons. The first kappa shape index (κ1) is 6.55. The van der Waals surface area contributed by atoms with Crippen molar-refractivity contribution in [1.29, 1.82) is 0 Å². The normalized spacial score (nSPS) is 10.3. The maximum atomic E-state index is 5.66. The molecule has 0 N–H and O–H groups in total. The molecule has 0 aliphatic rings. The first-order valence-electron chi connectivity index (χ1n) is 3.23. The molecule has 3 heteroatoms. The van der Waals surface area contributed by atoms with Crippen LogP contribution in [0, 0.1) is 0 Å². The quantitative estimate of drug-likeness (QED) is 0.639. The van der Waals surface area contributed by atoms with Gasteiger partial charge in [0.15, 0.2) is 0 Å². The number of hydrogen-bond donors (Lipinski definition) is 0. The molecule has 0 saturated heterocycles. The predicted molar refractivity (Wildman–Crippen MR) is 43.4 cm³/mol. The summed E-state index contributed by atoms with van der Waals surface area (Å²) >= 11 is 5.66. The molecule has 2 aromatic heterocycles. The van der Waals surface area contributed by atoms with Crippen LogP contribution in [0.1, 0.15) is 0 Å². The Morgan fingerprint density at radius 2 is 2.18 bits per heavy atom. The molecular weight excluding hydrogens is 162 g/mol. The Labute approximate surface area is 69.1 Å². The Hall–Kier alpha value is -1.15. The Bertz CT molecular complexity index is 337. The van der Waals surface area contributed by atoms with Gasteiger partial charge >= 0.3 is 0 Å². The number of furan rings is 1. The average Bonchev–Trinajstić information content (AvgIpc) is 2.55. The zero-order valence-corrected chi connectivity index (χ0v) is 6.45. The molecule has 0 aliphatic carbocycles. The zero-order valence-electron chi connectivity index (χ0n) is 5.70. The van der Waals surface area contributed by atoms with Crippen LogP contribution in [0.5, 0.6) is 0 Å². The minimum atomic E-state index is 1.05. The maximum absolute atomic E-state index is 5.66. The minimum Gasteiger partial charge on any atom is -0.472 e. The smallest absolute Gasteiger partial charge is 0.0981 e. The second-order valence-electron chi connectivity index (χ2n) is 2.26. The van der Waals surface area contributed by atoms with Crippen molar-refractivity contribution in [2.24, 2.45) is 0 Å². The average molecular weight is 168 g/mol. The van der Waals surface area contributed by atoms with Gasteiger partial charge in [0.05, 0.1) is 12.5 Å². The predicted octanol–water partition coefficient (Wildman–Crippen LogP) is 2.75. The second kappa shape index (κ2) is 2.47. The van der Waals surface area contributed by atoms with Gasteiger partial charge in [-0.1, -0.05) is 0 Å². The van der Waals surface area contributed by atoms with E-state index in [4.69, 9.17) is 16.2 Å². The highest BCUT2D eigenvalue weighted by Crippen LogP contribution is 2.19. The molecule has 0 aliphatic heterocycles. The van der Waals surface area contributed by atoms with Gasteiger partial charge < -0.3 is 4.42 Å². The molecule has 0 radical (unpaired) electrons. The van der Waals surface area contributed by atoms with Gasteiger partial charge in [0.1, 0.15) is 0 Å². The van der Waals surface area contributed by atoms with Crippen LogP contribution < -0.4 is 0 Å². The molecule has 0 saturated carbocycles. The van der Waals surface area contributed by atoms with Crippen molar-refractivity contribution in [3.05, 3.63) is 37.1 Å². The highest BCUT2D eigenvalue weighted by atomic mass is 35.5. The van der Waals surface area contributed by atoms with E-state index in [1.54, 1.807) is 18.7 Å². The van der Waals surface area contributed by atoms with Gasteiger partial charge in [0, 0.05) is 35.3 Å². The number of nitrogens with zero attached hydrogens (tertiary/aromatic N) is 1. The van der Waals surface area contributed by atoms with Gasteiger partial charge in [-0.15, -0.1) is 0 Å². The van der Waals surface area contributed by atoms with Crippen LogP contribution in [-0.4, -0.2) is 4.09 Å². The summed E-state index contributed by atoms with van der Waals surface area (Å²) in [5, 5.41) is 0. The Morgan fingerprint density at radius 3 is 2.73 bits per heavy atom. The van der Waals surface area contributed by atoms with Crippen molar-refractivity contribution >= 4 is 11.8 Å². The monoisotopic (exact) mass is 167 g/mol. The van der Waals surface area contributed by atoms with Gasteiger partial charge in [-0.25, -0.2) is 0 Å². The van der Waals surface area contributed by atoms with Crippen LogP contribution in [-0.2, 0) is 0 Å². The number of aromatic nitrogens is 1. The molecule has 0 fully saturated rings. The Kier molecular flexibility index (Phi) is 1.47. The first-order valence-corrected chi connectivity index (χ1v) is 3.57. The molecule has 0 amide bonds. The molecule has 11 heavy (non-hydrogen) atoms. The van der Waals surface area contributed by atoms with Crippen LogP contribution in [0.4, 0.5) is 0 Å². The van der Waals surface area contributed by atoms with Crippen molar-refractivity contribution < 1.29 is 4.42 Å². The SMILES string of the molecule is Cln1ccc(-c2ccoc2)c1. The lowest BCUT2D eigenvalue weighted by Crippen LogP contribution is -1.68. The van der Waals surface area contributed by atoms with Gasteiger partial charge in [0.2, 0.25) is 0 Å². The van der Waals surface area contributed by atoms with Gasteiger partial charge in [-0.05, 0) is 12.1 Å². The van der Waals surface area contributed by atoms with E-state index in [2.05, 4.69) is 0 Å². The second-order valence-corrected chi connectivity index (χ2v) is 2.65. The lowest BCUT2D eigenvalue weighted by atomic mass is 10.2. The van der Waals surface area contributed by atoms with Gasteiger partial charge in [-0.3, -0.25) is 4.09 Å². The number of hydrogen-bond acceptors (Lipinski definition) is 1. The van der Waals surface area contributed by atoms with Crippen molar-refractivity contribution in [1.82, 2.24) is 4.09 Å². The number of halogens is 1. The maximum Gasteiger partial charge on any atom is 0.0981 e. The molecule has 2 rings (SSSR count). The summed E-state index contributed by atoms with van der Waals surface area (Å²) in [6.45, 7) is 0. The van der Waals surface area contributed by atoms with E-state index in [1.807, 2.05) is 18.3 Å². The Balaban J connectivity index is 2.45. The fraction of sp³-hybridized carbons (Fsp3) is 0. The van der Waals surface area contributed by atoms with Crippen LogP contribution >= 0.6 is 11.8 Å². The van der Waals surface area contributed by atoms with E-state index >= 15 is 0 Å². The van der Waals surface area contributed by atoms with E-state index in [0.29, 0.717) is 0 Å². The van der Waals surface area contributed by atoms with Crippen molar-refractivity contribution in [2.45, 2.75) is 0 Å². The topological polar surface area (TPSA) is 18.1 Å². The Morgan fingerprint density at radius 1 is 1.27 bits per heavy atom. The van der Waals surface area contributed by atoms with E-state index in [0.717, 1.165) is 11.1 Å². The third-order valence-corrected chi connectivity index (χ3v) is 1.72. The molecule has 2 nitrogen and oxygen atoms in total. The number of rotatable bonds is 1. The molecule has 2 heterocycles. The van der Waals surface area contributed by atoms with E-state index in [9.17, 15) is 0 Å². The molecule has 0 spiro atoms. The molecule has 0 bridgehead atoms. The van der Waals surface area contributed by atoms with Crippen molar-refractivity contribution in [2.75, 3.05) is 0 Å². The van der Waals surface area contributed by atoms with E-state index in [-0.39, 0.29) is 0 Å². The van der Waals surface area contributed by atoms with Gasteiger partial charge in [-0.2, -0.15) is 0 Å². The molecular formula is C8H6ClNO. The lowest BCUT2D eigenvalue weighted by Gasteiger charge is -1.85. The summed E-state index contributed by atoms with van der Waals surface area (Å²) < 4.78 is 6.41. The zero-order chi connectivity index (χ0) is 7.68. The summed E-state index contributed by atoms with van der Waals surface area (Å²) in [6, 6.07) is 3.82. The standard InChI is InChI=1S/C8H6ClNO/c9-10-3-1-7(5-10)8-2-4-11-6-8/h1-6H. The largest absolute Gasteiger partial charge is 0.472 e. The van der Waals surface area contributed by atoms with E-state index in [1.165, 1.54) is 4.09 Å². The van der Waals surface area contributed by atoms with E-state index < -0.39 is 0 Å². The van der Waals surface area contributed by atoms with Crippen LogP contribution in [0.15, 0.2) is 41.5 Å². The van der Waals surface area contributed by atoms with Gasteiger partial charge in [0.25, 0.3) is 0 Å². The molecule has 0 aromatic carbocycles. The van der Waals surface area contributed by atoms with Crippen LogP contribution in [0.25, 0.3) is 11.1 Å². The first-order chi connectivity index (χ1) is 5.36. The minimum absolute atomic E-state index is 1.05. The molecule has 2 aromatic rings. The van der Waals surface area contributed by atoms with Crippen LogP contribution in [0.2, 0.25) is 0 Å². The van der Waals surface area contributed by atoms with Crippen molar-refractivity contribution in [3.63, 3.8) is 0 Å². The third-order valence-electron chi connectivity index (χ3n) is 1.51. The molecule has 0 unspecified atom stereocenters. The summed E-state index contributed by atoms with van der Waals surface area (Å²) in [5.41, 5.74) is 2.11. The summed E-state index contributed by atoms with van der Waals surface area (Å²) in [4.78, 5) is 0. The fourth-order valence-corrected chi connectivity index (χ4v) is 1.13. The summed E-state index contributed by atoms with van der Waals surface area (Å²) in [5.74, 6) is 0. The highest BCUT2D eigenvalue weighted by molar-refractivity contribution is 6.15. The third kappa shape index (κ3) is 1.17. The fourth-order valence-electron chi connectivity index (χ4n) is 0.970.